The van der Waals surface area contributed by atoms with Gasteiger partial charge in [0, 0.05) is 19.8 Å². The first-order chi connectivity index (χ1) is 7.25. The van der Waals surface area contributed by atoms with Gasteiger partial charge in [-0.05, 0) is 24.8 Å². The number of carbonyl (C=O) groups is 1. The van der Waals surface area contributed by atoms with Crippen LogP contribution in [0.5, 0.6) is 0 Å². The molecule has 0 atom stereocenters. The topological polar surface area (TPSA) is 64.3 Å². The number of nitrogens with two attached hydrogens (primary N) is 1. The van der Waals surface area contributed by atoms with Gasteiger partial charge < -0.3 is 15.8 Å². The maximum absolute atomic E-state index is 11.5. The number of thiophene rings is 1. The second-order valence-corrected chi connectivity index (χ2v) is 3.93. The highest BCUT2D eigenvalue weighted by Gasteiger charge is 2.09. The lowest BCUT2D eigenvalue weighted by atomic mass is 10.3. The number of nitrogens with one attached hydrogen (secondary N) is 1. The Morgan fingerprint density at radius 2 is 2.47 bits per heavy atom. The largest absolute Gasteiger partial charge is 0.397 e. The first-order valence-corrected chi connectivity index (χ1v) is 5.82. The number of hydrogen-bond donors (Lipinski definition) is 2. The molecule has 1 rings (SSSR count). The van der Waals surface area contributed by atoms with Gasteiger partial charge in [-0.2, -0.15) is 0 Å². The second-order valence-electron chi connectivity index (χ2n) is 3.01. The Balaban J connectivity index is 2.22. The molecule has 0 fully saturated rings. The highest BCUT2D eigenvalue weighted by Crippen LogP contribution is 2.17. The first-order valence-electron chi connectivity index (χ1n) is 4.94. The Morgan fingerprint density at radius 3 is 3.07 bits per heavy atom. The molecule has 3 N–H and O–H groups in total. The SMILES string of the molecule is CCOCCCNC(=O)c1sccc1N. The van der Waals surface area contributed by atoms with Gasteiger partial charge in [0.2, 0.25) is 0 Å². The lowest BCUT2D eigenvalue weighted by molar-refractivity contribution is 0.0949. The van der Waals surface area contributed by atoms with E-state index in [1.54, 1.807) is 6.07 Å². The Labute approximate surface area is 93.4 Å². The Kier molecular flexibility index (Phi) is 5.14. The van der Waals surface area contributed by atoms with Gasteiger partial charge in [-0.25, -0.2) is 0 Å². The zero-order valence-electron chi connectivity index (χ0n) is 8.79. The molecule has 4 nitrogen and oxygen atoms in total. The third-order valence-electron chi connectivity index (χ3n) is 1.86. The van der Waals surface area contributed by atoms with Crippen LogP contribution in [0.25, 0.3) is 0 Å². The molecule has 0 aromatic carbocycles. The fourth-order valence-corrected chi connectivity index (χ4v) is 1.84. The van der Waals surface area contributed by atoms with E-state index in [-0.39, 0.29) is 5.91 Å². The highest BCUT2D eigenvalue weighted by atomic mass is 32.1. The van der Waals surface area contributed by atoms with Gasteiger partial charge in [-0.3, -0.25) is 4.79 Å². The molecule has 1 aromatic heterocycles. The third kappa shape index (κ3) is 3.89. The fourth-order valence-electron chi connectivity index (χ4n) is 1.10. The van der Waals surface area contributed by atoms with Gasteiger partial charge in [0.15, 0.2) is 0 Å². The molecule has 0 unspecified atom stereocenters. The quantitative estimate of drug-likeness (QED) is 0.725. The van der Waals surface area contributed by atoms with Crippen molar-refractivity contribution in [3.05, 3.63) is 16.3 Å². The monoisotopic (exact) mass is 228 g/mol. The molecule has 0 aliphatic rings. The normalized spacial score (nSPS) is 10.2. The molecule has 5 heteroatoms. The summed E-state index contributed by atoms with van der Waals surface area (Å²) in [6.45, 7) is 3.96. The minimum Gasteiger partial charge on any atom is -0.397 e. The van der Waals surface area contributed by atoms with Crippen molar-refractivity contribution >= 4 is 22.9 Å². The van der Waals surface area contributed by atoms with Crippen molar-refractivity contribution in [1.82, 2.24) is 5.32 Å². The third-order valence-corrected chi connectivity index (χ3v) is 2.79. The number of anilines is 1. The molecule has 0 saturated heterocycles. The van der Waals surface area contributed by atoms with Gasteiger partial charge in [-0.15, -0.1) is 11.3 Å². The molecule has 0 radical (unpaired) electrons. The van der Waals surface area contributed by atoms with Crippen LogP contribution in [-0.4, -0.2) is 25.7 Å². The molecule has 84 valence electrons. The van der Waals surface area contributed by atoms with Crippen molar-refractivity contribution in [2.24, 2.45) is 0 Å². The number of amides is 1. The second kappa shape index (κ2) is 6.42. The van der Waals surface area contributed by atoms with E-state index in [4.69, 9.17) is 10.5 Å². The van der Waals surface area contributed by atoms with E-state index in [1.165, 1.54) is 11.3 Å². The van der Waals surface area contributed by atoms with E-state index in [9.17, 15) is 4.79 Å². The van der Waals surface area contributed by atoms with Crippen molar-refractivity contribution in [2.75, 3.05) is 25.5 Å². The molecule has 1 heterocycles. The van der Waals surface area contributed by atoms with Gasteiger partial charge in [0.25, 0.3) is 5.91 Å². The standard InChI is InChI=1S/C10H16N2O2S/c1-2-14-6-3-5-12-10(13)9-8(11)4-7-15-9/h4,7H,2-3,5-6,11H2,1H3,(H,12,13). The summed E-state index contributed by atoms with van der Waals surface area (Å²) in [5.41, 5.74) is 6.16. The minimum absolute atomic E-state index is 0.0981. The van der Waals surface area contributed by atoms with Crippen LogP contribution in [-0.2, 0) is 4.74 Å². The Morgan fingerprint density at radius 1 is 1.67 bits per heavy atom. The number of hydrogen-bond acceptors (Lipinski definition) is 4. The first kappa shape index (κ1) is 12.0. The summed E-state index contributed by atoms with van der Waals surface area (Å²) in [7, 11) is 0. The smallest absolute Gasteiger partial charge is 0.263 e. The average molecular weight is 228 g/mol. The van der Waals surface area contributed by atoms with Crippen LogP contribution in [0.15, 0.2) is 11.4 Å². The summed E-state index contributed by atoms with van der Waals surface area (Å²) in [6.07, 6.45) is 0.824. The van der Waals surface area contributed by atoms with Crippen molar-refractivity contribution in [2.45, 2.75) is 13.3 Å². The van der Waals surface area contributed by atoms with Gasteiger partial charge >= 0.3 is 0 Å². The molecule has 0 saturated carbocycles. The molecule has 0 bridgehead atoms. The summed E-state index contributed by atoms with van der Waals surface area (Å²) < 4.78 is 5.16. The summed E-state index contributed by atoms with van der Waals surface area (Å²) in [5.74, 6) is -0.0981. The lowest BCUT2D eigenvalue weighted by Gasteiger charge is -2.04. The van der Waals surface area contributed by atoms with Crippen molar-refractivity contribution in [1.29, 1.82) is 0 Å². The number of carbonyl (C=O) groups excluding carboxylic acids is 1. The maximum atomic E-state index is 11.5. The van der Waals surface area contributed by atoms with Crippen LogP contribution in [0.1, 0.15) is 23.0 Å². The zero-order valence-corrected chi connectivity index (χ0v) is 9.60. The van der Waals surface area contributed by atoms with Crippen molar-refractivity contribution < 1.29 is 9.53 Å². The molecule has 0 aliphatic heterocycles. The number of ether oxygens (including phenoxy) is 1. The molecule has 1 aromatic rings. The van der Waals surface area contributed by atoms with Gasteiger partial charge in [-0.1, -0.05) is 0 Å². The van der Waals surface area contributed by atoms with Crippen molar-refractivity contribution in [3.8, 4) is 0 Å². The molecule has 0 spiro atoms. The van der Waals surface area contributed by atoms with Crippen LogP contribution < -0.4 is 11.1 Å². The molecular weight excluding hydrogens is 212 g/mol. The van der Waals surface area contributed by atoms with E-state index in [1.807, 2.05) is 12.3 Å². The van der Waals surface area contributed by atoms with Gasteiger partial charge in [0.1, 0.15) is 4.88 Å². The van der Waals surface area contributed by atoms with Crippen LogP contribution in [0, 0.1) is 0 Å². The predicted molar refractivity (Wildman–Crippen MR) is 62.2 cm³/mol. The average Bonchev–Trinajstić information content (AvgIpc) is 2.64. The Hall–Kier alpha value is -1.07. The Bertz CT molecular complexity index is 312. The summed E-state index contributed by atoms with van der Waals surface area (Å²) >= 11 is 1.36. The maximum Gasteiger partial charge on any atom is 0.263 e. The summed E-state index contributed by atoms with van der Waals surface area (Å²) in [4.78, 5) is 12.1. The summed E-state index contributed by atoms with van der Waals surface area (Å²) in [6, 6.07) is 1.74. The van der Waals surface area contributed by atoms with E-state index in [0.717, 1.165) is 6.42 Å². The van der Waals surface area contributed by atoms with Crippen LogP contribution in [0.2, 0.25) is 0 Å². The zero-order chi connectivity index (χ0) is 11.1. The van der Waals surface area contributed by atoms with Crippen LogP contribution in [0.4, 0.5) is 5.69 Å². The number of rotatable bonds is 6. The van der Waals surface area contributed by atoms with Gasteiger partial charge in [0.05, 0.1) is 5.69 Å². The highest BCUT2D eigenvalue weighted by molar-refractivity contribution is 7.12. The van der Waals surface area contributed by atoms with Crippen LogP contribution in [0.3, 0.4) is 0 Å². The minimum atomic E-state index is -0.0981. The molecule has 0 aliphatic carbocycles. The summed E-state index contributed by atoms with van der Waals surface area (Å²) in [5, 5.41) is 4.61. The molecule has 1 amide bonds. The van der Waals surface area contributed by atoms with E-state index < -0.39 is 0 Å². The van der Waals surface area contributed by atoms with E-state index in [2.05, 4.69) is 5.32 Å². The van der Waals surface area contributed by atoms with Crippen LogP contribution >= 0.6 is 11.3 Å². The predicted octanol–water partition coefficient (Wildman–Crippen LogP) is 1.49. The fraction of sp³-hybridized carbons (Fsp3) is 0.500. The lowest BCUT2D eigenvalue weighted by Crippen LogP contribution is -2.25. The molecule has 15 heavy (non-hydrogen) atoms. The molecular formula is C10H16N2O2S. The van der Waals surface area contributed by atoms with E-state index >= 15 is 0 Å². The number of nitrogen functional groups attached to an aromatic ring is 1. The van der Waals surface area contributed by atoms with Crippen molar-refractivity contribution in [3.63, 3.8) is 0 Å². The van der Waals surface area contributed by atoms with E-state index in [0.29, 0.717) is 30.3 Å².